The second kappa shape index (κ2) is 6.64. The van der Waals surface area contributed by atoms with E-state index in [1.54, 1.807) is 24.3 Å². The van der Waals surface area contributed by atoms with E-state index in [-0.39, 0.29) is 22.8 Å². The lowest BCUT2D eigenvalue weighted by Gasteiger charge is -2.28. The number of amides is 1. The predicted octanol–water partition coefficient (Wildman–Crippen LogP) is 3.38. The number of anilines is 1. The summed E-state index contributed by atoms with van der Waals surface area (Å²) >= 11 is 0. The number of carbonyl (C=O) groups excluding carboxylic acids is 1. The summed E-state index contributed by atoms with van der Waals surface area (Å²) in [5.74, 6) is 2.52. The lowest BCUT2D eigenvalue weighted by Crippen LogP contribution is -2.40. The van der Waals surface area contributed by atoms with Crippen molar-refractivity contribution in [2.75, 3.05) is 5.32 Å². The van der Waals surface area contributed by atoms with E-state index in [9.17, 15) is 13.2 Å². The molecule has 6 heteroatoms. The summed E-state index contributed by atoms with van der Waals surface area (Å²) in [6.07, 6.45) is 5.91. The molecule has 0 heterocycles. The molecular formula is C20H28N2O3S. The first kappa shape index (κ1) is 18.0. The number of hydrogen-bond donors (Lipinski definition) is 2. The summed E-state index contributed by atoms with van der Waals surface area (Å²) in [6, 6.07) is 6.44. The van der Waals surface area contributed by atoms with Crippen LogP contribution in [0.15, 0.2) is 29.2 Å². The zero-order valence-corrected chi connectivity index (χ0v) is 16.3. The van der Waals surface area contributed by atoms with Crippen molar-refractivity contribution < 1.29 is 13.2 Å². The third-order valence-corrected chi connectivity index (χ3v) is 8.23. The molecule has 3 aliphatic rings. The minimum Gasteiger partial charge on any atom is -0.326 e. The van der Waals surface area contributed by atoms with Crippen LogP contribution in [0.2, 0.25) is 0 Å². The maximum Gasteiger partial charge on any atom is 0.240 e. The fourth-order valence-corrected chi connectivity index (χ4v) is 6.24. The Balaban J connectivity index is 1.38. The normalized spacial score (nSPS) is 33.8. The molecule has 0 aromatic heterocycles. The second-order valence-electron chi connectivity index (χ2n) is 8.58. The van der Waals surface area contributed by atoms with Crippen LogP contribution in [-0.2, 0) is 14.8 Å². The molecule has 3 saturated carbocycles. The summed E-state index contributed by atoms with van der Waals surface area (Å²) in [7, 11) is -3.53. The molecule has 26 heavy (non-hydrogen) atoms. The van der Waals surface area contributed by atoms with E-state index in [0.717, 1.165) is 18.8 Å². The fraction of sp³-hybridized carbons (Fsp3) is 0.650. The molecule has 6 atom stereocenters. The van der Waals surface area contributed by atoms with E-state index >= 15 is 0 Å². The van der Waals surface area contributed by atoms with Gasteiger partial charge in [0.25, 0.3) is 0 Å². The first-order chi connectivity index (χ1) is 12.3. The Kier molecular flexibility index (Phi) is 4.59. The van der Waals surface area contributed by atoms with E-state index in [1.165, 1.54) is 19.3 Å². The Morgan fingerprint density at radius 1 is 1.12 bits per heavy atom. The average Bonchev–Trinajstić information content (AvgIpc) is 3.01. The molecule has 0 aliphatic heterocycles. The van der Waals surface area contributed by atoms with Crippen LogP contribution in [0.1, 0.15) is 46.0 Å². The Labute approximate surface area is 156 Å². The number of nitrogens with one attached hydrogen (secondary N) is 2. The number of benzene rings is 1. The van der Waals surface area contributed by atoms with Gasteiger partial charge in [0, 0.05) is 17.6 Å². The first-order valence-electron chi connectivity index (χ1n) is 9.77. The van der Waals surface area contributed by atoms with Gasteiger partial charge in [0.05, 0.1) is 4.90 Å². The van der Waals surface area contributed by atoms with Gasteiger partial charge in [0.15, 0.2) is 0 Å². The first-order valence-corrected chi connectivity index (χ1v) is 11.2. The number of hydrogen-bond acceptors (Lipinski definition) is 3. The van der Waals surface area contributed by atoms with Gasteiger partial charge in [0.1, 0.15) is 0 Å². The van der Waals surface area contributed by atoms with Gasteiger partial charge in [-0.2, -0.15) is 0 Å². The van der Waals surface area contributed by atoms with E-state index in [1.807, 2.05) is 6.92 Å². The molecule has 3 fully saturated rings. The zero-order valence-electron chi connectivity index (χ0n) is 15.4. The van der Waals surface area contributed by atoms with Gasteiger partial charge in [0.2, 0.25) is 15.9 Å². The molecule has 1 aromatic carbocycles. The molecule has 0 radical (unpaired) electrons. The average molecular weight is 377 g/mol. The summed E-state index contributed by atoms with van der Waals surface area (Å²) in [5, 5.41) is 2.86. The van der Waals surface area contributed by atoms with Crippen molar-refractivity contribution in [3.05, 3.63) is 24.3 Å². The van der Waals surface area contributed by atoms with Crippen LogP contribution in [0.5, 0.6) is 0 Å². The van der Waals surface area contributed by atoms with Crippen LogP contribution >= 0.6 is 0 Å². The largest absolute Gasteiger partial charge is 0.326 e. The molecule has 5 nitrogen and oxygen atoms in total. The van der Waals surface area contributed by atoms with Crippen molar-refractivity contribution in [3.63, 3.8) is 0 Å². The summed E-state index contributed by atoms with van der Waals surface area (Å²) in [4.78, 5) is 12.2. The number of rotatable bonds is 6. The van der Waals surface area contributed by atoms with E-state index in [2.05, 4.69) is 17.0 Å². The highest BCUT2D eigenvalue weighted by molar-refractivity contribution is 7.89. The molecule has 0 saturated heterocycles. The lowest BCUT2D eigenvalue weighted by atomic mass is 9.84. The maximum atomic E-state index is 12.7. The highest BCUT2D eigenvalue weighted by Gasteiger charge is 2.42. The maximum absolute atomic E-state index is 12.7. The third-order valence-electron chi connectivity index (χ3n) is 6.65. The van der Waals surface area contributed by atoms with Gasteiger partial charge in [-0.15, -0.1) is 0 Å². The summed E-state index contributed by atoms with van der Waals surface area (Å²) in [5.41, 5.74) is 0.647. The molecule has 4 rings (SSSR count). The van der Waals surface area contributed by atoms with E-state index < -0.39 is 10.0 Å². The van der Waals surface area contributed by atoms with Crippen molar-refractivity contribution in [1.29, 1.82) is 0 Å². The van der Waals surface area contributed by atoms with Gasteiger partial charge in [-0.25, -0.2) is 13.1 Å². The molecule has 1 amide bonds. The molecule has 0 unspecified atom stereocenters. The van der Waals surface area contributed by atoms with Crippen LogP contribution in [0.4, 0.5) is 5.69 Å². The monoisotopic (exact) mass is 376 g/mol. The zero-order chi connectivity index (χ0) is 18.5. The summed E-state index contributed by atoms with van der Waals surface area (Å²) < 4.78 is 28.3. The standard InChI is InChI=1S/C20H28N2O3S/c1-12-9-18(12)20(23)21-16-5-7-17(8-6-16)26(24,25)22-13(2)19-11-14-3-4-15(19)10-14/h5-8,12-15,18-19,22H,3-4,9-11H2,1-2H3,(H,21,23)/t12-,13+,14+,15+,18+,19-/m1/s1. The van der Waals surface area contributed by atoms with Gasteiger partial charge < -0.3 is 5.32 Å². The van der Waals surface area contributed by atoms with Crippen molar-refractivity contribution in [1.82, 2.24) is 4.72 Å². The minimum absolute atomic E-state index is 0.0242. The van der Waals surface area contributed by atoms with Crippen LogP contribution < -0.4 is 10.0 Å². The Morgan fingerprint density at radius 2 is 1.81 bits per heavy atom. The van der Waals surface area contributed by atoms with Gasteiger partial charge in [-0.1, -0.05) is 13.3 Å². The van der Waals surface area contributed by atoms with Gasteiger partial charge >= 0.3 is 0 Å². The Bertz CT molecular complexity index is 790. The topological polar surface area (TPSA) is 75.3 Å². The Morgan fingerprint density at radius 3 is 2.35 bits per heavy atom. The summed E-state index contributed by atoms with van der Waals surface area (Å²) in [6.45, 7) is 4.05. The molecule has 1 aromatic rings. The van der Waals surface area contributed by atoms with E-state index in [4.69, 9.17) is 0 Å². The smallest absolute Gasteiger partial charge is 0.240 e. The fourth-order valence-electron chi connectivity index (χ4n) is 4.95. The van der Waals surface area contributed by atoms with Crippen LogP contribution in [-0.4, -0.2) is 20.4 Å². The predicted molar refractivity (Wildman–Crippen MR) is 101 cm³/mol. The van der Waals surface area contributed by atoms with Crippen LogP contribution in [0.3, 0.4) is 0 Å². The van der Waals surface area contributed by atoms with Gasteiger partial charge in [-0.3, -0.25) is 4.79 Å². The van der Waals surface area contributed by atoms with Crippen LogP contribution in [0, 0.1) is 29.6 Å². The van der Waals surface area contributed by atoms with Crippen molar-refractivity contribution in [2.24, 2.45) is 29.6 Å². The molecule has 0 spiro atoms. The second-order valence-corrected chi connectivity index (χ2v) is 10.3. The van der Waals surface area contributed by atoms with Crippen LogP contribution in [0.25, 0.3) is 0 Å². The third kappa shape index (κ3) is 3.54. The highest BCUT2D eigenvalue weighted by atomic mass is 32.2. The molecular weight excluding hydrogens is 348 g/mol. The van der Waals surface area contributed by atoms with E-state index in [0.29, 0.717) is 23.4 Å². The molecule has 142 valence electrons. The van der Waals surface area contributed by atoms with Crippen molar-refractivity contribution in [2.45, 2.75) is 56.9 Å². The number of sulfonamides is 1. The number of carbonyl (C=O) groups is 1. The Hall–Kier alpha value is -1.40. The minimum atomic E-state index is -3.53. The van der Waals surface area contributed by atoms with Crippen molar-refractivity contribution >= 4 is 21.6 Å². The number of fused-ring (bicyclic) bond motifs is 2. The highest BCUT2D eigenvalue weighted by Crippen LogP contribution is 2.49. The lowest BCUT2D eigenvalue weighted by molar-refractivity contribution is -0.117. The van der Waals surface area contributed by atoms with Gasteiger partial charge in [-0.05, 0) is 80.5 Å². The molecule has 2 N–H and O–H groups in total. The molecule has 2 bridgehead atoms. The molecule has 3 aliphatic carbocycles. The van der Waals surface area contributed by atoms with Crippen molar-refractivity contribution in [3.8, 4) is 0 Å². The quantitative estimate of drug-likeness (QED) is 0.799. The SMILES string of the molecule is C[C@@H]1C[C@@H]1C(=O)Nc1ccc(S(=O)(=O)N[C@@H](C)[C@H]2C[C@H]3CC[C@H]2C3)cc1.